The van der Waals surface area contributed by atoms with Gasteiger partial charge in [-0.05, 0) is 25.5 Å². The van der Waals surface area contributed by atoms with Crippen LogP contribution in [0.15, 0.2) is 34.5 Å². The van der Waals surface area contributed by atoms with Crippen LogP contribution in [0.2, 0.25) is 0 Å². The van der Waals surface area contributed by atoms with E-state index in [2.05, 4.69) is 9.88 Å². The molecular weight excluding hydrogens is 424 g/mol. The minimum absolute atomic E-state index is 0.0774. The number of aromatic nitrogens is 1. The second kappa shape index (κ2) is 9.01. The molecule has 4 rings (SSSR count). The Morgan fingerprint density at radius 2 is 1.83 bits per heavy atom. The summed E-state index contributed by atoms with van der Waals surface area (Å²) in [5.41, 5.74) is 1.23. The van der Waals surface area contributed by atoms with Crippen molar-refractivity contribution in [2.75, 3.05) is 57.4 Å². The molecule has 8 nitrogen and oxygen atoms in total. The third kappa shape index (κ3) is 4.36. The average Bonchev–Trinajstić information content (AvgIpc) is 3.05. The van der Waals surface area contributed by atoms with Gasteiger partial charge >= 0.3 is 0 Å². The van der Waals surface area contributed by atoms with Crippen LogP contribution < -0.4 is 4.90 Å². The fourth-order valence-electron chi connectivity index (χ4n) is 3.76. The smallest absolute Gasteiger partial charge is 0.255 e. The topological polar surface area (TPSA) is 83.1 Å². The molecule has 0 bridgehead atoms. The maximum atomic E-state index is 13.3. The number of anilines is 1. The molecule has 1 amide bonds. The number of benzene rings is 1. The first kappa shape index (κ1) is 21.2. The zero-order valence-electron chi connectivity index (χ0n) is 17.0. The monoisotopic (exact) mass is 450 g/mol. The first-order valence-electron chi connectivity index (χ1n) is 10.1. The lowest BCUT2D eigenvalue weighted by molar-refractivity contribution is 0.0726. The number of morpholine rings is 1. The summed E-state index contributed by atoms with van der Waals surface area (Å²) in [5, 5.41) is 2.99. The Hall–Kier alpha value is -2.01. The molecule has 0 N–H and O–H groups in total. The Balaban J connectivity index is 1.54. The molecule has 2 fully saturated rings. The normalized spacial score (nSPS) is 19.0. The van der Waals surface area contributed by atoms with Crippen LogP contribution in [0.1, 0.15) is 22.5 Å². The van der Waals surface area contributed by atoms with Gasteiger partial charge in [0.15, 0.2) is 5.13 Å². The van der Waals surface area contributed by atoms with E-state index in [0.29, 0.717) is 45.9 Å². The zero-order valence-corrected chi connectivity index (χ0v) is 18.6. The van der Waals surface area contributed by atoms with E-state index in [4.69, 9.17) is 4.74 Å². The molecule has 2 aliphatic heterocycles. The van der Waals surface area contributed by atoms with Crippen LogP contribution in [-0.2, 0) is 14.8 Å². The van der Waals surface area contributed by atoms with E-state index in [1.807, 2.05) is 12.3 Å². The number of hydrogen-bond donors (Lipinski definition) is 0. The van der Waals surface area contributed by atoms with Gasteiger partial charge in [0.25, 0.3) is 5.91 Å². The summed E-state index contributed by atoms with van der Waals surface area (Å²) in [6.07, 6.45) is 0.808. The number of sulfonamides is 1. The molecule has 0 saturated carbocycles. The van der Waals surface area contributed by atoms with E-state index in [1.165, 1.54) is 10.4 Å². The summed E-state index contributed by atoms with van der Waals surface area (Å²) in [6, 6.07) is 6.52. The lowest BCUT2D eigenvalue weighted by Gasteiger charge is -2.28. The van der Waals surface area contributed by atoms with E-state index in [0.717, 1.165) is 23.8 Å². The molecule has 2 saturated heterocycles. The Morgan fingerprint density at radius 3 is 2.57 bits per heavy atom. The molecular formula is C20H26N4O4S2. The maximum Gasteiger partial charge on any atom is 0.255 e. The molecule has 0 unspecified atom stereocenters. The van der Waals surface area contributed by atoms with Gasteiger partial charge in [-0.2, -0.15) is 4.31 Å². The third-order valence-electron chi connectivity index (χ3n) is 5.37. The van der Waals surface area contributed by atoms with Gasteiger partial charge in [0.05, 0.1) is 29.4 Å². The molecule has 2 aliphatic rings. The summed E-state index contributed by atoms with van der Waals surface area (Å²) >= 11 is 1.61. The number of hydrogen-bond acceptors (Lipinski definition) is 7. The van der Waals surface area contributed by atoms with E-state index < -0.39 is 10.0 Å². The number of ether oxygens (including phenoxy) is 1. The van der Waals surface area contributed by atoms with E-state index in [9.17, 15) is 13.2 Å². The number of thiazole rings is 1. The lowest BCUT2D eigenvalue weighted by Crippen LogP contribution is -2.42. The molecule has 1 aromatic carbocycles. The van der Waals surface area contributed by atoms with Crippen LogP contribution >= 0.6 is 11.3 Å². The number of amides is 1. The minimum atomic E-state index is -3.75. The van der Waals surface area contributed by atoms with Crippen molar-refractivity contribution in [3.8, 4) is 0 Å². The fraction of sp³-hybridized carbons (Fsp3) is 0.500. The lowest BCUT2D eigenvalue weighted by atomic mass is 10.2. The third-order valence-corrected chi connectivity index (χ3v) is 8.34. The van der Waals surface area contributed by atoms with Crippen molar-refractivity contribution in [1.82, 2.24) is 14.2 Å². The van der Waals surface area contributed by atoms with Gasteiger partial charge < -0.3 is 14.5 Å². The number of carbonyl (C=O) groups is 1. The van der Waals surface area contributed by atoms with Crippen molar-refractivity contribution >= 4 is 32.4 Å². The largest absolute Gasteiger partial charge is 0.379 e. The number of aryl methyl sites for hydroxylation is 1. The highest BCUT2D eigenvalue weighted by molar-refractivity contribution is 7.89. The molecule has 0 spiro atoms. The molecule has 1 aromatic heterocycles. The average molecular weight is 451 g/mol. The second-order valence-electron chi connectivity index (χ2n) is 7.42. The standard InChI is InChI=1S/C20H26N4O4S2/c1-16-15-29-20(21-16)23-8-4-7-22(9-10-23)19(25)17-5-2-3-6-18(17)30(26,27)24-11-13-28-14-12-24/h2-3,5-6,15H,4,7-14H2,1H3. The number of nitrogens with zero attached hydrogens (tertiary/aromatic N) is 4. The first-order chi connectivity index (χ1) is 14.5. The van der Waals surface area contributed by atoms with Crippen molar-refractivity contribution in [3.05, 3.63) is 40.9 Å². The summed E-state index contributed by atoms with van der Waals surface area (Å²) < 4.78 is 33.0. The van der Waals surface area contributed by atoms with Gasteiger partial charge in [-0.15, -0.1) is 11.3 Å². The Bertz CT molecular complexity index is 1000. The van der Waals surface area contributed by atoms with Crippen LogP contribution in [0.3, 0.4) is 0 Å². The predicted molar refractivity (Wildman–Crippen MR) is 116 cm³/mol. The summed E-state index contributed by atoms with van der Waals surface area (Å²) in [5.74, 6) is -0.236. The van der Waals surface area contributed by atoms with Crippen molar-refractivity contribution in [1.29, 1.82) is 0 Å². The van der Waals surface area contributed by atoms with Gasteiger partial charge in [0.1, 0.15) is 0 Å². The second-order valence-corrected chi connectivity index (χ2v) is 10.2. The van der Waals surface area contributed by atoms with Gasteiger partial charge in [-0.25, -0.2) is 13.4 Å². The van der Waals surface area contributed by atoms with Crippen LogP contribution in [-0.4, -0.2) is 81.0 Å². The summed E-state index contributed by atoms with van der Waals surface area (Å²) in [6.45, 7) is 5.94. The van der Waals surface area contributed by atoms with Gasteiger partial charge in [-0.1, -0.05) is 12.1 Å². The molecule has 0 atom stereocenters. The van der Waals surface area contributed by atoms with E-state index in [1.54, 1.807) is 34.4 Å². The summed E-state index contributed by atoms with van der Waals surface area (Å²) in [7, 11) is -3.75. The molecule has 3 heterocycles. The highest BCUT2D eigenvalue weighted by atomic mass is 32.2. The van der Waals surface area contributed by atoms with Crippen LogP contribution in [0.5, 0.6) is 0 Å². The van der Waals surface area contributed by atoms with E-state index in [-0.39, 0.29) is 16.4 Å². The Kier molecular flexibility index (Phi) is 6.37. The number of carbonyl (C=O) groups excluding carboxylic acids is 1. The Labute approximate surface area is 181 Å². The van der Waals surface area contributed by atoms with Crippen LogP contribution in [0.4, 0.5) is 5.13 Å². The SMILES string of the molecule is Cc1csc(N2CCCN(C(=O)c3ccccc3S(=O)(=O)N3CCOCC3)CC2)n1. The molecule has 0 aliphatic carbocycles. The van der Waals surface area contributed by atoms with Crippen LogP contribution in [0.25, 0.3) is 0 Å². The quantitative estimate of drug-likeness (QED) is 0.707. The van der Waals surface area contributed by atoms with Gasteiger partial charge in [0, 0.05) is 44.6 Å². The highest BCUT2D eigenvalue weighted by Gasteiger charge is 2.32. The van der Waals surface area contributed by atoms with E-state index >= 15 is 0 Å². The predicted octanol–water partition coefficient (Wildman–Crippen LogP) is 1.82. The van der Waals surface area contributed by atoms with Crippen molar-refractivity contribution < 1.29 is 17.9 Å². The maximum absolute atomic E-state index is 13.3. The molecule has 2 aromatic rings. The fourth-order valence-corrected chi connectivity index (χ4v) is 6.21. The van der Waals surface area contributed by atoms with Crippen LogP contribution in [0, 0.1) is 6.92 Å². The zero-order chi connectivity index (χ0) is 21.1. The molecule has 10 heteroatoms. The molecule has 0 radical (unpaired) electrons. The van der Waals surface area contributed by atoms with Crippen molar-refractivity contribution in [3.63, 3.8) is 0 Å². The molecule has 162 valence electrons. The summed E-state index contributed by atoms with van der Waals surface area (Å²) in [4.78, 5) is 21.9. The highest BCUT2D eigenvalue weighted by Crippen LogP contribution is 2.25. The minimum Gasteiger partial charge on any atom is -0.379 e. The Morgan fingerprint density at radius 1 is 1.07 bits per heavy atom. The van der Waals surface area contributed by atoms with Gasteiger partial charge in [0.2, 0.25) is 10.0 Å². The molecule has 30 heavy (non-hydrogen) atoms. The van der Waals surface area contributed by atoms with Gasteiger partial charge in [-0.3, -0.25) is 4.79 Å². The number of rotatable bonds is 4. The van der Waals surface area contributed by atoms with Crippen molar-refractivity contribution in [2.24, 2.45) is 0 Å². The van der Waals surface area contributed by atoms with Crippen molar-refractivity contribution in [2.45, 2.75) is 18.2 Å². The first-order valence-corrected chi connectivity index (χ1v) is 12.4.